The van der Waals surface area contributed by atoms with E-state index < -0.39 is 24.3 Å². The van der Waals surface area contributed by atoms with Crippen molar-refractivity contribution in [1.29, 1.82) is 0 Å². The van der Waals surface area contributed by atoms with E-state index in [9.17, 15) is 22.0 Å². The minimum absolute atomic E-state index is 0.753. The topological polar surface area (TPSA) is 0 Å². The van der Waals surface area contributed by atoms with Gasteiger partial charge in [0.15, 0.2) is 0 Å². The summed E-state index contributed by atoms with van der Waals surface area (Å²) in [6.07, 6.45) is -5.05. The van der Waals surface area contributed by atoms with Gasteiger partial charge in [-0.15, -0.1) is 0 Å². The van der Waals surface area contributed by atoms with Gasteiger partial charge in [0.2, 0.25) is 5.83 Å². The summed E-state index contributed by atoms with van der Waals surface area (Å²) >= 11 is 0. The van der Waals surface area contributed by atoms with Crippen molar-refractivity contribution in [3.8, 4) is 0 Å². The third kappa shape index (κ3) is 2.33. The van der Waals surface area contributed by atoms with Crippen LogP contribution in [0.4, 0.5) is 22.0 Å². The lowest BCUT2D eigenvalue weighted by atomic mass is 10.3. The molecule has 0 amide bonds. The van der Waals surface area contributed by atoms with E-state index in [1.165, 1.54) is 0 Å². The van der Waals surface area contributed by atoms with Gasteiger partial charge in [0.05, 0.1) is 0 Å². The molecule has 0 aromatic rings. The molecule has 0 atom stereocenters. The Morgan fingerprint density at radius 3 is 1.80 bits per heavy atom. The zero-order valence-corrected chi connectivity index (χ0v) is 5.10. The second-order valence-electron chi connectivity index (χ2n) is 1.73. The smallest absolute Gasteiger partial charge is 0.246 e. The van der Waals surface area contributed by atoms with Gasteiger partial charge in [0.25, 0.3) is 0 Å². The second kappa shape index (κ2) is 2.98. The highest BCUT2D eigenvalue weighted by Crippen LogP contribution is 2.28. The van der Waals surface area contributed by atoms with E-state index in [1.807, 2.05) is 0 Å². The van der Waals surface area contributed by atoms with Gasteiger partial charge in [-0.2, -0.15) is 13.2 Å². The Labute approximate surface area is 54.3 Å². The van der Waals surface area contributed by atoms with Crippen molar-refractivity contribution in [3.05, 3.63) is 11.4 Å². The van der Waals surface area contributed by atoms with E-state index in [-0.39, 0.29) is 0 Å². The zero-order chi connectivity index (χ0) is 8.36. The van der Waals surface area contributed by atoms with Crippen LogP contribution in [0.25, 0.3) is 0 Å². The molecule has 0 N–H and O–H groups in total. The number of allylic oxidation sites excluding steroid dienone is 2. The van der Waals surface area contributed by atoms with Crippen molar-refractivity contribution in [2.45, 2.75) is 13.1 Å². The van der Waals surface area contributed by atoms with Gasteiger partial charge in [-0.3, -0.25) is 0 Å². The number of alkyl halides is 4. The molecule has 0 heterocycles. The van der Waals surface area contributed by atoms with Crippen molar-refractivity contribution in [2.24, 2.45) is 0 Å². The van der Waals surface area contributed by atoms with Gasteiger partial charge in [-0.05, 0) is 12.5 Å². The fraction of sp³-hybridized carbons (Fsp3) is 0.600. The van der Waals surface area contributed by atoms with Gasteiger partial charge >= 0.3 is 6.18 Å². The van der Waals surface area contributed by atoms with Crippen LogP contribution in [0.5, 0.6) is 0 Å². The molecule has 0 aromatic carbocycles. The molecule has 0 rings (SSSR count). The van der Waals surface area contributed by atoms with Crippen molar-refractivity contribution in [1.82, 2.24) is 0 Å². The molecule has 0 aromatic heterocycles. The zero-order valence-electron chi connectivity index (χ0n) is 5.10. The highest BCUT2D eigenvalue weighted by atomic mass is 19.4. The maximum atomic E-state index is 11.8. The van der Waals surface area contributed by atoms with E-state index >= 15 is 0 Å². The summed E-state index contributed by atoms with van der Waals surface area (Å²) < 4.78 is 57.0. The Morgan fingerprint density at radius 2 is 1.70 bits per heavy atom. The summed E-state index contributed by atoms with van der Waals surface area (Å²) in [5, 5.41) is 0. The Balaban J connectivity index is 4.47. The molecular formula is C5H5F5. The molecule has 60 valence electrons. The number of halogens is 5. The fourth-order valence-corrected chi connectivity index (χ4v) is 0.301. The van der Waals surface area contributed by atoms with Gasteiger partial charge in [-0.1, -0.05) is 0 Å². The van der Waals surface area contributed by atoms with Crippen LogP contribution in [-0.4, -0.2) is 12.9 Å². The maximum Gasteiger partial charge on any atom is 0.442 e. The lowest BCUT2D eigenvalue weighted by molar-refractivity contribution is -0.110. The summed E-state index contributed by atoms with van der Waals surface area (Å²) in [7, 11) is 0. The molecule has 5 heteroatoms. The Hall–Kier alpha value is -0.610. The molecule has 0 fully saturated rings. The number of hydrogen-bond donors (Lipinski definition) is 0. The Kier molecular flexibility index (Phi) is 2.80. The Bertz CT molecular complexity index is 143. The lowest BCUT2D eigenvalue weighted by Gasteiger charge is -2.03. The predicted octanol–water partition coefficient (Wildman–Crippen LogP) is 2.76. The third-order valence-electron chi connectivity index (χ3n) is 0.824. The van der Waals surface area contributed by atoms with E-state index in [0.29, 0.717) is 0 Å². The third-order valence-corrected chi connectivity index (χ3v) is 0.824. The molecule has 0 aliphatic rings. The highest BCUT2D eigenvalue weighted by Gasteiger charge is 2.36. The molecular weight excluding hydrogens is 155 g/mol. The molecule has 0 bridgehead atoms. The van der Waals surface area contributed by atoms with Crippen LogP contribution >= 0.6 is 0 Å². The maximum absolute atomic E-state index is 11.8. The first kappa shape index (κ1) is 9.39. The molecule has 10 heavy (non-hydrogen) atoms. The average molecular weight is 160 g/mol. The van der Waals surface area contributed by atoms with E-state index in [2.05, 4.69) is 0 Å². The molecule has 0 aliphatic heterocycles. The molecule has 0 nitrogen and oxygen atoms in total. The van der Waals surface area contributed by atoms with Gasteiger partial charge in [0, 0.05) is 0 Å². The van der Waals surface area contributed by atoms with Crippen LogP contribution in [0.15, 0.2) is 11.4 Å². The molecule has 0 saturated heterocycles. The minimum atomic E-state index is -5.05. The van der Waals surface area contributed by atoms with Crippen LogP contribution in [0.3, 0.4) is 0 Å². The first-order valence-corrected chi connectivity index (χ1v) is 2.38. The monoisotopic (exact) mass is 160 g/mol. The van der Waals surface area contributed by atoms with E-state index in [4.69, 9.17) is 0 Å². The summed E-state index contributed by atoms with van der Waals surface area (Å²) in [6, 6.07) is 0. The summed E-state index contributed by atoms with van der Waals surface area (Å²) in [6.45, 7) is -0.659. The average Bonchev–Trinajstić information content (AvgIpc) is 1.83. The second-order valence-corrected chi connectivity index (χ2v) is 1.73. The number of rotatable bonds is 1. The normalized spacial score (nSPS) is 15.0. The van der Waals surface area contributed by atoms with Crippen molar-refractivity contribution in [3.63, 3.8) is 0 Å². The standard InChI is InChI=1S/C5H5F5/c1-3(2-6)4(7)5(8,9)10/h2H2,1H3. The minimum Gasteiger partial charge on any atom is -0.246 e. The highest BCUT2D eigenvalue weighted by molar-refractivity contribution is 5.09. The van der Waals surface area contributed by atoms with Gasteiger partial charge in [-0.25, -0.2) is 8.78 Å². The van der Waals surface area contributed by atoms with E-state index in [1.54, 1.807) is 0 Å². The van der Waals surface area contributed by atoms with E-state index in [0.717, 1.165) is 6.92 Å². The van der Waals surface area contributed by atoms with Gasteiger partial charge < -0.3 is 0 Å². The molecule has 0 unspecified atom stereocenters. The predicted molar refractivity (Wildman–Crippen MR) is 25.8 cm³/mol. The molecule has 0 radical (unpaired) electrons. The summed E-state index contributed by atoms with van der Waals surface area (Å²) in [4.78, 5) is 0. The van der Waals surface area contributed by atoms with Crippen molar-refractivity contribution < 1.29 is 22.0 Å². The number of hydrogen-bond acceptors (Lipinski definition) is 0. The van der Waals surface area contributed by atoms with Crippen LogP contribution in [0.2, 0.25) is 0 Å². The first-order chi connectivity index (χ1) is 4.39. The Morgan fingerprint density at radius 1 is 1.30 bits per heavy atom. The molecule has 0 aliphatic carbocycles. The fourth-order valence-electron chi connectivity index (χ4n) is 0.301. The van der Waals surface area contributed by atoms with Crippen LogP contribution in [0.1, 0.15) is 6.92 Å². The van der Waals surface area contributed by atoms with Crippen LogP contribution in [0, 0.1) is 0 Å². The summed E-state index contributed by atoms with van der Waals surface area (Å²) in [5.41, 5.74) is -0.924. The largest absolute Gasteiger partial charge is 0.442 e. The van der Waals surface area contributed by atoms with Crippen molar-refractivity contribution in [2.75, 3.05) is 6.67 Å². The van der Waals surface area contributed by atoms with Crippen LogP contribution < -0.4 is 0 Å². The molecule has 0 saturated carbocycles. The first-order valence-electron chi connectivity index (χ1n) is 2.38. The SMILES string of the molecule is CC(CF)=C(F)C(F)(F)F. The van der Waals surface area contributed by atoms with Crippen molar-refractivity contribution >= 4 is 0 Å². The lowest BCUT2D eigenvalue weighted by Crippen LogP contribution is -2.10. The quantitative estimate of drug-likeness (QED) is 0.517. The van der Waals surface area contributed by atoms with Crippen LogP contribution in [-0.2, 0) is 0 Å². The summed E-state index contributed by atoms with van der Waals surface area (Å²) in [5.74, 6) is -2.34. The van der Waals surface area contributed by atoms with Gasteiger partial charge in [0.1, 0.15) is 6.67 Å². The molecule has 0 spiro atoms.